The molecule has 30 heavy (non-hydrogen) atoms. The first kappa shape index (κ1) is 21.0. The van der Waals surface area contributed by atoms with Crippen LogP contribution in [-0.2, 0) is 16.1 Å². The summed E-state index contributed by atoms with van der Waals surface area (Å²) in [7, 11) is 0. The number of piperazine rings is 1. The van der Waals surface area contributed by atoms with Crippen molar-refractivity contribution in [2.75, 3.05) is 46.1 Å². The molecule has 0 radical (unpaired) electrons. The largest absolute Gasteiger partial charge is 0.454 e. The van der Waals surface area contributed by atoms with Gasteiger partial charge in [0.15, 0.2) is 11.5 Å². The standard InChI is InChI=1S/C23H33N3O4/c1-23(2,3)22(28)26-8-4-5-18(15-26)21(27)25-11-9-24(10-12-25)14-17-6-7-19-20(13-17)30-16-29-19/h6-7,13,18H,4-5,8-12,14-16H2,1-3H3/t18-/m1/s1. The Balaban J connectivity index is 1.28. The Morgan fingerprint density at radius 1 is 1.00 bits per heavy atom. The molecular formula is C23H33N3O4. The number of likely N-dealkylation sites (tertiary alicyclic amines) is 1. The number of nitrogens with zero attached hydrogens (tertiary/aromatic N) is 3. The molecule has 7 nitrogen and oxygen atoms in total. The summed E-state index contributed by atoms with van der Waals surface area (Å²) in [6.45, 7) is 11.5. The van der Waals surface area contributed by atoms with Crippen LogP contribution >= 0.6 is 0 Å². The SMILES string of the molecule is CC(C)(C)C(=O)N1CCC[C@@H](C(=O)N2CCN(Cc3ccc4c(c3)OCO4)CC2)C1. The molecule has 1 atom stereocenters. The van der Waals surface area contributed by atoms with Crippen molar-refractivity contribution in [2.45, 2.75) is 40.2 Å². The molecule has 0 spiro atoms. The Hall–Kier alpha value is -2.28. The molecule has 4 rings (SSSR count). The number of carbonyl (C=O) groups excluding carboxylic acids is 2. The van der Waals surface area contributed by atoms with Gasteiger partial charge in [-0.1, -0.05) is 26.8 Å². The number of fused-ring (bicyclic) bond motifs is 1. The lowest BCUT2D eigenvalue weighted by Gasteiger charge is -2.40. The zero-order valence-electron chi connectivity index (χ0n) is 18.4. The molecule has 3 aliphatic rings. The van der Waals surface area contributed by atoms with E-state index in [2.05, 4.69) is 11.0 Å². The molecule has 1 aromatic rings. The average Bonchev–Trinajstić information content (AvgIpc) is 3.20. The van der Waals surface area contributed by atoms with Gasteiger partial charge in [-0.05, 0) is 30.5 Å². The fourth-order valence-electron chi connectivity index (χ4n) is 4.52. The maximum Gasteiger partial charge on any atom is 0.231 e. The van der Waals surface area contributed by atoms with Gasteiger partial charge in [-0.2, -0.15) is 0 Å². The molecule has 164 valence electrons. The zero-order chi connectivity index (χ0) is 21.3. The highest BCUT2D eigenvalue weighted by molar-refractivity contribution is 5.84. The Kier molecular flexibility index (Phi) is 5.91. The van der Waals surface area contributed by atoms with Gasteiger partial charge in [0, 0.05) is 51.2 Å². The van der Waals surface area contributed by atoms with E-state index in [9.17, 15) is 9.59 Å². The lowest BCUT2D eigenvalue weighted by molar-refractivity contribution is -0.146. The Morgan fingerprint density at radius 2 is 1.73 bits per heavy atom. The maximum absolute atomic E-state index is 13.1. The summed E-state index contributed by atoms with van der Waals surface area (Å²) in [5, 5.41) is 0. The lowest BCUT2D eigenvalue weighted by atomic mass is 9.90. The number of ether oxygens (including phenoxy) is 2. The molecule has 2 fully saturated rings. The molecule has 3 heterocycles. The second-order valence-corrected chi connectivity index (χ2v) is 9.63. The number of hydrogen-bond acceptors (Lipinski definition) is 5. The zero-order valence-corrected chi connectivity index (χ0v) is 18.4. The predicted molar refractivity (Wildman–Crippen MR) is 113 cm³/mol. The Morgan fingerprint density at radius 3 is 2.47 bits per heavy atom. The third kappa shape index (κ3) is 4.56. The molecule has 2 saturated heterocycles. The number of piperidine rings is 1. The monoisotopic (exact) mass is 415 g/mol. The van der Waals surface area contributed by atoms with Gasteiger partial charge >= 0.3 is 0 Å². The number of rotatable bonds is 3. The molecular weight excluding hydrogens is 382 g/mol. The minimum Gasteiger partial charge on any atom is -0.454 e. The van der Waals surface area contributed by atoms with Crippen LogP contribution in [0.5, 0.6) is 11.5 Å². The van der Waals surface area contributed by atoms with E-state index in [1.54, 1.807) is 0 Å². The van der Waals surface area contributed by atoms with E-state index in [1.165, 1.54) is 5.56 Å². The van der Waals surface area contributed by atoms with E-state index in [0.29, 0.717) is 13.3 Å². The second-order valence-electron chi connectivity index (χ2n) is 9.63. The van der Waals surface area contributed by atoms with E-state index in [1.807, 2.05) is 42.7 Å². The quantitative estimate of drug-likeness (QED) is 0.758. The highest BCUT2D eigenvalue weighted by Gasteiger charge is 2.35. The van der Waals surface area contributed by atoms with Crippen LogP contribution in [0.2, 0.25) is 0 Å². The van der Waals surface area contributed by atoms with Crippen molar-refractivity contribution < 1.29 is 19.1 Å². The Labute approximate surface area is 178 Å². The van der Waals surface area contributed by atoms with Gasteiger partial charge in [0.1, 0.15) is 0 Å². The van der Waals surface area contributed by atoms with Crippen molar-refractivity contribution in [1.29, 1.82) is 0 Å². The van der Waals surface area contributed by atoms with Gasteiger partial charge in [-0.15, -0.1) is 0 Å². The maximum atomic E-state index is 13.1. The van der Waals surface area contributed by atoms with Gasteiger partial charge in [0.25, 0.3) is 0 Å². The molecule has 0 saturated carbocycles. The smallest absolute Gasteiger partial charge is 0.231 e. The number of benzene rings is 1. The van der Waals surface area contributed by atoms with Crippen LogP contribution in [0.4, 0.5) is 0 Å². The van der Waals surface area contributed by atoms with Crippen molar-refractivity contribution >= 4 is 11.8 Å². The molecule has 3 aliphatic heterocycles. The lowest BCUT2D eigenvalue weighted by Crippen LogP contribution is -2.53. The van der Waals surface area contributed by atoms with Gasteiger partial charge in [-0.3, -0.25) is 14.5 Å². The second kappa shape index (κ2) is 8.46. The van der Waals surface area contributed by atoms with Crippen LogP contribution in [-0.4, -0.2) is 72.6 Å². The van der Waals surface area contributed by atoms with Crippen molar-refractivity contribution in [2.24, 2.45) is 11.3 Å². The van der Waals surface area contributed by atoms with E-state index in [-0.39, 0.29) is 17.7 Å². The van der Waals surface area contributed by atoms with Crippen molar-refractivity contribution in [3.63, 3.8) is 0 Å². The summed E-state index contributed by atoms with van der Waals surface area (Å²) in [5.41, 5.74) is 0.799. The van der Waals surface area contributed by atoms with E-state index in [4.69, 9.17) is 9.47 Å². The van der Waals surface area contributed by atoms with Crippen LogP contribution in [0.1, 0.15) is 39.2 Å². The third-order valence-corrected chi connectivity index (χ3v) is 6.23. The van der Waals surface area contributed by atoms with Gasteiger partial charge in [0.2, 0.25) is 18.6 Å². The van der Waals surface area contributed by atoms with Crippen molar-refractivity contribution in [3.05, 3.63) is 23.8 Å². The predicted octanol–water partition coefficient (Wildman–Crippen LogP) is 2.34. The van der Waals surface area contributed by atoms with Gasteiger partial charge < -0.3 is 19.3 Å². The summed E-state index contributed by atoms with van der Waals surface area (Å²) in [5.74, 6) is 1.91. The molecule has 0 N–H and O–H groups in total. The summed E-state index contributed by atoms with van der Waals surface area (Å²) in [6, 6.07) is 6.09. The molecule has 0 bridgehead atoms. The minimum absolute atomic E-state index is 0.0644. The molecule has 0 unspecified atom stereocenters. The molecule has 0 aromatic heterocycles. The van der Waals surface area contributed by atoms with Gasteiger partial charge in [0.05, 0.1) is 5.92 Å². The third-order valence-electron chi connectivity index (χ3n) is 6.23. The average molecular weight is 416 g/mol. The van der Waals surface area contributed by atoms with Crippen LogP contribution in [0.15, 0.2) is 18.2 Å². The molecule has 7 heteroatoms. The van der Waals surface area contributed by atoms with Crippen LogP contribution in [0, 0.1) is 11.3 Å². The van der Waals surface area contributed by atoms with E-state index >= 15 is 0 Å². The highest BCUT2D eigenvalue weighted by Crippen LogP contribution is 2.33. The van der Waals surface area contributed by atoms with Crippen molar-refractivity contribution in [3.8, 4) is 11.5 Å². The molecule has 2 amide bonds. The summed E-state index contributed by atoms with van der Waals surface area (Å²) in [6.07, 6.45) is 1.78. The number of hydrogen-bond donors (Lipinski definition) is 0. The fraction of sp³-hybridized carbons (Fsp3) is 0.652. The minimum atomic E-state index is -0.398. The first-order valence-electron chi connectivity index (χ1n) is 11.0. The summed E-state index contributed by atoms with van der Waals surface area (Å²) >= 11 is 0. The molecule has 1 aromatic carbocycles. The Bertz CT molecular complexity index is 796. The van der Waals surface area contributed by atoms with E-state index in [0.717, 1.165) is 63.6 Å². The summed E-state index contributed by atoms with van der Waals surface area (Å²) < 4.78 is 10.8. The van der Waals surface area contributed by atoms with Gasteiger partial charge in [-0.25, -0.2) is 0 Å². The van der Waals surface area contributed by atoms with E-state index < -0.39 is 5.41 Å². The first-order valence-corrected chi connectivity index (χ1v) is 11.0. The highest BCUT2D eigenvalue weighted by atomic mass is 16.7. The first-order chi connectivity index (χ1) is 14.3. The summed E-state index contributed by atoms with van der Waals surface area (Å²) in [4.78, 5) is 32.0. The van der Waals surface area contributed by atoms with Crippen LogP contribution in [0.25, 0.3) is 0 Å². The topological polar surface area (TPSA) is 62.3 Å². The van der Waals surface area contributed by atoms with Crippen LogP contribution in [0.3, 0.4) is 0 Å². The number of carbonyl (C=O) groups is 2. The van der Waals surface area contributed by atoms with Crippen LogP contribution < -0.4 is 9.47 Å². The van der Waals surface area contributed by atoms with Crippen molar-refractivity contribution in [1.82, 2.24) is 14.7 Å². The number of amides is 2. The fourth-order valence-corrected chi connectivity index (χ4v) is 4.52. The molecule has 0 aliphatic carbocycles. The normalized spacial score (nSPS) is 22.3.